The summed E-state index contributed by atoms with van der Waals surface area (Å²) in [5.41, 5.74) is 3.51. The van der Waals surface area contributed by atoms with Crippen molar-refractivity contribution in [1.29, 1.82) is 0 Å². The molecule has 332 valence electrons. The number of alkyl halides is 9. The van der Waals surface area contributed by atoms with E-state index in [0.29, 0.717) is 90.2 Å². The van der Waals surface area contributed by atoms with Crippen LogP contribution in [-0.4, -0.2) is 14.1 Å². The van der Waals surface area contributed by atoms with Gasteiger partial charge in [-0.3, -0.25) is 4.98 Å². The third kappa shape index (κ3) is 7.52. The molecule has 13 heteroatoms. The summed E-state index contributed by atoms with van der Waals surface area (Å²) in [4.78, 5) is 8.56. The summed E-state index contributed by atoms with van der Waals surface area (Å²) in [6.45, 7) is 13.8. The fourth-order valence-electron chi connectivity index (χ4n) is 9.29. The normalized spacial score (nSPS) is 12.5. The maximum atomic E-state index is 14.2. The molecule has 0 saturated carbocycles. The Balaban J connectivity index is 1.33. The van der Waals surface area contributed by atoms with Crippen molar-refractivity contribution in [3.05, 3.63) is 191 Å². The van der Waals surface area contributed by atoms with Gasteiger partial charge in [0.15, 0.2) is 5.69 Å². The van der Waals surface area contributed by atoms with Crippen molar-refractivity contribution in [3.63, 3.8) is 0 Å². The first kappa shape index (κ1) is 43.1. The monoisotopic (exact) mass is 908 g/mol. The molecule has 0 atom stereocenters. The number of nitrogens with zero attached hydrogens (tertiary/aromatic N) is 4. The van der Waals surface area contributed by atoms with Crippen LogP contribution < -0.4 is 0 Å². The van der Waals surface area contributed by atoms with Crippen LogP contribution in [0.2, 0.25) is 0 Å². The zero-order chi connectivity index (χ0) is 47.3. The van der Waals surface area contributed by atoms with Gasteiger partial charge in [-0.2, -0.15) is 39.5 Å². The molecule has 10 aromatic rings. The third-order valence-electron chi connectivity index (χ3n) is 12.1. The molecule has 0 aliphatic carbocycles. The second kappa shape index (κ2) is 15.4. The molecule has 0 bridgehead atoms. The van der Waals surface area contributed by atoms with Gasteiger partial charge in [0, 0.05) is 32.9 Å². The van der Waals surface area contributed by atoms with E-state index in [2.05, 4.69) is 9.83 Å². The van der Waals surface area contributed by atoms with Crippen molar-refractivity contribution < 1.29 is 39.5 Å². The maximum Gasteiger partial charge on any atom is 0.416 e. The first-order valence-electron chi connectivity index (χ1n) is 20.8. The Bertz CT molecular complexity index is 3660. The topological polar surface area (TPSA) is 27.1 Å². The minimum Gasteiger partial charge on any atom is -0.308 e. The predicted molar refractivity (Wildman–Crippen MR) is 245 cm³/mol. The fraction of sp³-hybridized carbons (Fsp3) is 0.111. The van der Waals surface area contributed by atoms with E-state index in [0.717, 1.165) is 28.3 Å². The highest BCUT2D eigenvalue weighted by molar-refractivity contribution is 6.13. The lowest BCUT2D eigenvalue weighted by molar-refractivity contribution is -0.143. The van der Waals surface area contributed by atoms with Gasteiger partial charge in [0.1, 0.15) is 0 Å². The minimum atomic E-state index is -5.07. The summed E-state index contributed by atoms with van der Waals surface area (Å²) in [6.07, 6.45) is -14.7. The number of para-hydroxylation sites is 2. The highest BCUT2D eigenvalue weighted by Gasteiger charge is 2.37. The lowest BCUT2D eigenvalue weighted by Crippen LogP contribution is -2.11. The third-order valence-corrected chi connectivity index (χ3v) is 12.1. The van der Waals surface area contributed by atoms with Gasteiger partial charge in [0.05, 0.1) is 56.7 Å². The summed E-state index contributed by atoms with van der Waals surface area (Å²) >= 11 is 0. The van der Waals surface area contributed by atoms with Crippen LogP contribution in [0.3, 0.4) is 0 Å². The fourth-order valence-corrected chi connectivity index (χ4v) is 9.29. The largest absolute Gasteiger partial charge is 0.416 e. The Morgan fingerprint density at radius 2 is 0.851 bits per heavy atom. The molecule has 0 saturated heterocycles. The van der Waals surface area contributed by atoms with E-state index in [9.17, 15) is 39.5 Å². The highest BCUT2D eigenvalue weighted by Crippen LogP contribution is 2.46. The van der Waals surface area contributed by atoms with Crippen LogP contribution >= 0.6 is 0 Å². The van der Waals surface area contributed by atoms with E-state index in [1.165, 1.54) is 6.07 Å². The van der Waals surface area contributed by atoms with Crippen molar-refractivity contribution in [2.75, 3.05) is 0 Å². The Morgan fingerprint density at radius 1 is 0.418 bits per heavy atom. The Hall–Kier alpha value is -7.85. The summed E-state index contributed by atoms with van der Waals surface area (Å²) < 4.78 is 131. The molecule has 3 aromatic heterocycles. The number of pyridine rings is 1. The number of fused-ring (bicyclic) bond motifs is 6. The highest BCUT2D eigenvalue weighted by atomic mass is 19.4. The van der Waals surface area contributed by atoms with Gasteiger partial charge < -0.3 is 9.13 Å². The SMILES string of the molecule is [C-]#[N+]c1cc(-n2c3ccccc3c3ccc(-c4cc(C)cc(C(F)(F)F)c4)cc32)c(-n2c3ccccc3c3ccc(-c4cc(C(F)(F)F)cc(C(F)(F)F)c4)cc32)cc1-c1cc(C)nc(C)c1. The molecular formula is C54H33F9N4. The van der Waals surface area contributed by atoms with E-state index < -0.39 is 35.2 Å². The molecule has 0 aliphatic rings. The van der Waals surface area contributed by atoms with Gasteiger partial charge in [0.25, 0.3) is 0 Å². The van der Waals surface area contributed by atoms with Crippen molar-refractivity contribution in [2.24, 2.45) is 0 Å². The molecule has 0 fully saturated rings. The number of hydrogen-bond donors (Lipinski definition) is 0. The molecule has 0 N–H and O–H groups in total. The lowest BCUT2D eigenvalue weighted by atomic mass is 9.98. The van der Waals surface area contributed by atoms with E-state index in [-0.39, 0.29) is 22.9 Å². The molecule has 7 aromatic carbocycles. The zero-order valence-corrected chi connectivity index (χ0v) is 35.5. The molecular weight excluding hydrogens is 876 g/mol. The number of aryl methyl sites for hydroxylation is 3. The van der Waals surface area contributed by atoms with Gasteiger partial charge in [-0.15, -0.1) is 0 Å². The van der Waals surface area contributed by atoms with E-state index in [1.807, 2.05) is 102 Å². The van der Waals surface area contributed by atoms with Crippen LogP contribution in [-0.2, 0) is 18.5 Å². The number of aromatic nitrogens is 3. The van der Waals surface area contributed by atoms with Crippen LogP contribution in [0.5, 0.6) is 0 Å². The number of rotatable bonds is 5. The van der Waals surface area contributed by atoms with Crippen molar-refractivity contribution in [3.8, 4) is 44.8 Å². The molecule has 0 aliphatic heterocycles. The lowest BCUT2D eigenvalue weighted by Gasteiger charge is -2.20. The number of benzene rings is 7. The summed E-state index contributed by atoms with van der Waals surface area (Å²) in [5.74, 6) is 0. The van der Waals surface area contributed by atoms with Crippen molar-refractivity contribution in [1.82, 2.24) is 14.1 Å². The molecule has 0 radical (unpaired) electrons. The predicted octanol–water partition coefficient (Wildman–Crippen LogP) is 16.8. The molecule has 10 rings (SSSR count). The molecule has 67 heavy (non-hydrogen) atoms. The molecule has 4 nitrogen and oxygen atoms in total. The van der Waals surface area contributed by atoms with Crippen LogP contribution in [0.1, 0.15) is 33.6 Å². The molecule has 0 amide bonds. The molecule has 3 heterocycles. The van der Waals surface area contributed by atoms with Crippen molar-refractivity contribution in [2.45, 2.75) is 39.3 Å². The van der Waals surface area contributed by atoms with Crippen LogP contribution in [0.4, 0.5) is 45.2 Å². The molecule has 0 spiro atoms. The zero-order valence-electron chi connectivity index (χ0n) is 35.5. The second-order valence-corrected chi connectivity index (χ2v) is 16.7. The molecule has 0 unspecified atom stereocenters. The maximum absolute atomic E-state index is 14.2. The van der Waals surface area contributed by atoms with Gasteiger partial charge in [-0.1, -0.05) is 66.7 Å². The van der Waals surface area contributed by atoms with Crippen LogP contribution in [0.15, 0.2) is 146 Å². The number of halogens is 9. The van der Waals surface area contributed by atoms with Gasteiger partial charge in [-0.05, 0) is 139 Å². The quantitative estimate of drug-likeness (QED) is 0.125. The minimum absolute atomic E-state index is 0.0889. The summed E-state index contributed by atoms with van der Waals surface area (Å²) in [6, 6.07) is 37.7. The van der Waals surface area contributed by atoms with Crippen LogP contribution in [0.25, 0.3) is 93.2 Å². The second-order valence-electron chi connectivity index (χ2n) is 16.7. The average molecular weight is 909 g/mol. The first-order chi connectivity index (χ1) is 31.8. The smallest absolute Gasteiger partial charge is 0.308 e. The van der Waals surface area contributed by atoms with Gasteiger partial charge in [0.2, 0.25) is 0 Å². The first-order valence-corrected chi connectivity index (χ1v) is 20.8. The van der Waals surface area contributed by atoms with Crippen LogP contribution in [0, 0.1) is 27.3 Å². The Morgan fingerprint density at radius 3 is 1.33 bits per heavy atom. The van der Waals surface area contributed by atoms with E-state index in [4.69, 9.17) is 6.57 Å². The standard InChI is InChI=1S/C54H33F9N4/c1-29-17-34(21-37(18-29)52(55,56)57)32-13-15-43-41-10-6-8-12-47(41)67(49(43)24-32)51-28-45(64-4)44(36-19-30(2)65-31(3)20-36)27-50(51)66-46-11-7-5-9-40(46)42-16-14-33(25-48(42)66)35-22-38(53(58,59)60)26-39(23-35)54(61,62)63/h5-28H,1-3H3. The van der Waals surface area contributed by atoms with E-state index >= 15 is 0 Å². The van der Waals surface area contributed by atoms with Gasteiger partial charge >= 0.3 is 18.5 Å². The Labute approximate surface area is 376 Å². The summed E-state index contributed by atoms with van der Waals surface area (Å²) in [5, 5.41) is 2.94. The Kier molecular flexibility index (Phi) is 9.88. The van der Waals surface area contributed by atoms with Gasteiger partial charge in [-0.25, -0.2) is 4.85 Å². The summed E-state index contributed by atoms with van der Waals surface area (Å²) in [7, 11) is 0. The van der Waals surface area contributed by atoms with E-state index in [1.54, 1.807) is 37.3 Å². The average Bonchev–Trinajstić information content (AvgIpc) is 3.79. The van der Waals surface area contributed by atoms with Crippen molar-refractivity contribution >= 4 is 49.3 Å². The number of hydrogen-bond acceptors (Lipinski definition) is 1.